The van der Waals surface area contributed by atoms with Crippen molar-refractivity contribution >= 4 is 27.6 Å². The molecule has 7 nitrogen and oxygen atoms in total. The maximum atomic E-state index is 13.5. The SMILES string of the molecule is CCOC(=O)C1c2cccn2S(=O)(=O)c2ccccc2N1C(=O)c1ccccc1. The summed E-state index contributed by atoms with van der Waals surface area (Å²) in [6.45, 7) is 1.75. The summed E-state index contributed by atoms with van der Waals surface area (Å²) >= 11 is 0. The first-order valence-corrected chi connectivity index (χ1v) is 10.5. The number of nitrogens with zero attached hydrogens (tertiary/aromatic N) is 2. The zero-order valence-corrected chi connectivity index (χ0v) is 16.4. The third-order valence-electron chi connectivity index (χ3n) is 4.69. The summed E-state index contributed by atoms with van der Waals surface area (Å²) < 4.78 is 32.8. The maximum absolute atomic E-state index is 13.5. The van der Waals surface area contributed by atoms with Crippen LogP contribution in [-0.2, 0) is 19.6 Å². The van der Waals surface area contributed by atoms with Crippen LogP contribution in [0, 0.1) is 0 Å². The molecule has 29 heavy (non-hydrogen) atoms. The summed E-state index contributed by atoms with van der Waals surface area (Å²) in [6.07, 6.45) is 1.37. The van der Waals surface area contributed by atoms with E-state index in [4.69, 9.17) is 4.74 Å². The van der Waals surface area contributed by atoms with Crippen molar-refractivity contribution in [1.29, 1.82) is 0 Å². The lowest BCUT2D eigenvalue weighted by molar-refractivity contribution is -0.144. The van der Waals surface area contributed by atoms with E-state index in [2.05, 4.69) is 0 Å². The van der Waals surface area contributed by atoms with Crippen molar-refractivity contribution in [1.82, 2.24) is 3.97 Å². The Morgan fingerprint density at radius 2 is 1.66 bits per heavy atom. The van der Waals surface area contributed by atoms with Crippen molar-refractivity contribution in [3.05, 3.63) is 84.2 Å². The first-order valence-electron chi connectivity index (χ1n) is 9.04. The quantitative estimate of drug-likeness (QED) is 0.620. The fourth-order valence-corrected chi connectivity index (χ4v) is 5.02. The van der Waals surface area contributed by atoms with Gasteiger partial charge in [-0.25, -0.2) is 17.2 Å². The molecule has 0 fully saturated rings. The van der Waals surface area contributed by atoms with Crippen LogP contribution in [0.25, 0.3) is 0 Å². The largest absolute Gasteiger partial charge is 0.464 e. The fraction of sp³-hybridized carbons (Fsp3) is 0.143. The van der Waals surface area contributed by atoms with E-state index in [0.717, 1.165) is 3.97 Å². The van der Waals surface area contributed by atoms with Crippen molar-refractivity contribution in [3.63, 3.8) is 0 Å². The Hall–Kier alpha value is -3.39. The van der Waals surface area contributed by atoms with Gasteiger partial charge in [0.2, 0.25) is 0 Å². The fourth-order valence-electron chi connectivity index (χ4n) is 3.46. The molecule has 0 saturated heterocycles. The van der Waals surface area contributed by atoms with E-state index < -0.39 is 27.9 Å². The van der Waals surface area contributed by atoms with Crippen molar-refractivity contribution in [2.75, 3.05) is 11.5 Å². The summed E-state index contributed by atoms with van der Waals surface area (Å²) in [4.78, 5) is 27.6. The molecule has 0 radical (unpaired) electrons. The van der Waals surface area contributed by atoms with Gasteiger partial charge in [-0.3, -0.25) is 9.69 Å². The molecule has 0 saturated carbocycles. The Kier molecular flexibility index (Phi) is 4.71. The van der Waals surface area contributed by atoms with Crippen LogP contribution in [-0.4, -0.2) is 30.9 Å². The number of fused-ring (bicyclic) bond motifs is 2. The van der Waals surface area contributed by atoms with Crippen LogP contribution in [0.1, 0.15) is 29.0 Å². The number of aromatic nitrogens is 1. The number of carbonyl (C=O) groups is 2. The number of ether oxygens (including phenoxy) is 1. The Morgan fingerprint density at radius 1 is 0.966 bits per heavy atom. The molecule has 2 aromatic carbocycles. The van der Waals surface area contributed by atoms with Crippen LogP contribution >= 0.6 is 0 Å². The molecule has 0 aliphatic carbocycles. The predicted molar refractivity (Wildman–Crippen MR) is 106 cm³/mol. The number of carbonyl (C=O) groups excluding carboxylic acids is 2. The minimum atomic E-state index is -4.01. The number of esters is 1. The number of hydrogen-bond donors (Lipinski definition) is 0. The highest BCUT2D eigenvalue weighted by molar-refractivity contribution is 7.90. The Bertz CT molecular complexity index is 1180. The van der Waals surface area contributed by atoms with E-state index in [0.29, 0.717) is 5.56 Å². The van der Waals surface area contributed by atoms with Gasteiger partial charge in [0.25, 0.3) is 15.9 Å². The third kappa shape index (κ3) is 3.01. The van der Waals surface area contributed by atoms with Crippen LogP contribution in [0.2, 0.25) is 0 Å². The molecule has 1 aromatic heterocycles. The summed E-state index contributed by atoms with van der Waals surface area (Å²) in [7, 11) is -4.01. The standard InChI is InChI=1S/C21H18N2O5S/c1-2-28-21(25)19-17-12-8-14-22(17)29(26,27)18-13-7-6-11-16(18)23(19)20(24)15-9-4-3-5-10-15/h3-14,19H,2H2,1H3. The van der Waals surface area contributed by atoms with E-state index in [9.17, 15) is 18.0 Å². The molecule has 0 N–H and O–H groups in total. The van der Waals surface area contributed by atoms with Crippen LogP contribution < -0.4 is 4.90 Å². The number of anilines is 1. The molecule has 1 atom stereocenters. The average Bonchev–Trinajstić information content (AvgIpc) is 3.20. The molecular weight excluding hydrogens is 392 g/mol. The summed E-state index contributed by atoms with van der Waals surface area (Å²) in [5.41, 5.74) is 0.598. The van der Waals surface area contributed by atoms with Gasteiger partial charge in [-0.1, -0.05) is 30.3 Å². The number of rotatable bonds is 3. The van der Waals surface area contributed by atoms with Gasteiger partial charge in [0.1, 0.15) is 4.90 Å². The molecule has 148 valence electrons. The van der Waals surface area contributed by atoms with Gasteiger partial charge in [0.15, 0.2) is 6.04 Å². The van der Waals surface area contributed by atoms with E-state index in [1.54, 1.807) is 49.4 Å². The predicted octanol–water partition coefficient (Wildman–Crippen LogP) is 2.99. The van der Waals surface area contributed by atoms with Crippen molar-refractivity contribution in [3.8, 4) is 0 Å². The van der Waals surface area contributed by atoms with Crippen molar-refractivity contribution in [2.24, 2.45) is 0 Å². The average molecular weight is 410 g/mol. The molecule has 1 unspecified atom stereocenters. The molecule has 3 aromatic rings. The lowest BCUT2D eigenvalue weighted by atomic mass is 10.1. The minimum absolute atomic E-state index is 0.0615. The second-order valence-corrected chi connectivity index (χ2v) is 8.18. The zero-order valence-electron chi connectivity index (χ0n) is 15.6. The normalized spacial score (nSPS) is 17.0. The Morgan fingerprint density at radius 3 is 2.38 bits per heavy atom. The smallest absolute Gasteiger partial charge is 0.335 e. The van der Waals surface area contributed by atoms with E-state index in [1.165, 1.54) is 35.4 Å². The van der Waals surface area contributed by atoms with Gasteiger partial charge in [-0.15, -0.1) is 0 Å². The number of amides is 1. The Balaban J connectivity index is 2.04. The molecule has 0 bridgehead atoms. The lowest BCUT2D eigenvalue weighted by Crippen LogP contribution is -2.40. The van der Waals surface area contributed by atoms with Crippen LogP contribution in [0.4, 0.5) is 5.69 Å². The van der Waals surface area contributed by atoms with Crippen molar-refractivity contribution < 1.29 is 22.7 Å². The second-order valence-electron chi connectivity index (χ2n) is 6.40. The monoisotopic (exact) mass is 410 g/mol. The van der Waals surface area contributed by atoms with Gasteiger partial charge < -0.3 is 4.74 Å². The minimum Gasteiger partial charge on any atom is -0.464 e. The molecule has 1 aliphatic heterocycles. The van der Waals surface area contributed by atoms with Gasteiger partial charge in [0.05, 0.1) is 18.0 Å². The van der Waals surface area contributed by atoms with E-state index in [-0.39, 0.29) is 22.9 Å². The van der Waals surface area contributed by atoms with Gasteiger partial charge >= 0.3 is 5.97 Å². The lowest BCUT2D eigenvalue weighted by Gasteiger charge is -2.29. The zero-order chi connectivity index (χ0) is 20.6. The van der Waals surface area contributed by atoms with Crippen LogP contribution in [0.5, 0.6) is 0 Å². The first kappa shape index (κ1) is 18.9. The highest BCUT2D eigenvalue weighted by Gasteiger charge is 2.43. The highest BCUT2D eigenvalue weighted by Crippen LogP contribution is 2.39. The van der Waals surface area contributed by atoms with E-state index in [1.807, 2.05) is 0 Å². The van der Waals surface area contributed by atoms with Crippen molar-refractivity contribution in [2.45, 2.75) is 17.9 Å². The highest BCUT2D eigenvalue weighted by atomic mass is 32.2. The molecule has 1 aliphatic rings. The number of benzene rings is 2. The topological polar surface area (TPSA) is 85.7 Å². The van der Waals surface area contributed by atoms with Gasteiger partial charge in [-0.2, -0.15) is 0 Å². The molecule has 8 heteroatoms. The molecule has 0 spiro atoms. The molecule has 4 rings (SSSR count). The van der Waals surface area contributed by atoms with Crippen LogP contribution in [0.3, 0.4) is 0 Å². The summed E-state index contributed by atoms with van der Waals surface area (Å²) in [5, 5.41) is 0. The molecule has 1 amide bonds. The third-order valence-corrected chi connectivity index (χ3v) is 6.44. The first-order chi connectivity index (χ1) is 14.0. The summed E-state index contributed by atoms with van der Waals surface area (Å²) in [6, 6.07) is 16.3. The summed E-state index contributed by atoms with van der Waals surface area (Å²) in [5.74, 6) is -1.20. The Labute approximate surface area is 168 Å². The molecule has 2 heterocycles. The van der Waals surface area contributed by atoms with Crippen LogP contribution in [0.15, 0.2) is 77.8 Å². The van der Waals surface area contributed by atoms with Gasteiger partial charge in [0, 0.05) is 11.8 Å². The van der Waals surface area contributed by atoms with Gasteiger partial charge in [-0.05, 0) is 43.3 Å². The molecular formula is C21H18N2O5S. The van der Waals surface area contributed by atoms with E-state index >= 15 is 0 Å². The second kappa shape index (κ2) is 7.21. The number of hydrogen-bond acceptors (Lipinski definition) is 5. The maximum Gasteiger partial charge on any atom is 0.335 e. The number of para-hydroxylation sites is 1.